The van der Waals surface area contributed by atoms with Crippen molar-refractivity contribution in [2.24, 2.45) is 5.73 Å². The van der Waals surface area contributed by atoms with Crippen LogP contribution in [0.4, 0.5) is 0 Å². The molecule has 1 aliphatic heterocycles. The van der Waals surface area contributed by atoms with Crippen LogP contribution in [0, 0.1) is 0 Å². The molecule has 1 saturated carbocycles. The van der Waals surface area contributed by atoms with Crippen LogP contribution in [0.15, 0.2) is 17.1 Å². The number of nitrogens with two attached hydrogens (primary N) is 1. The first kappa shape index (κ1) is 13.8. The molecule has 1 spiro atoms. The van der Waals surface area contributed by atoms with Crippen LogP contribution >= 0.6 is 0 Å². The quantitative estimate of drug-likeness (QED) is 0.843. The first-order valence-electron chi connectivity index (χ1n) is 6.84. The normalized spacial score (nSPS) is 19.3. The van der Waals surface area contributed by atoms with Gasteiger partial charge in [0.1, 0.15) is 18.0 Å². The molecule has 0 radical (unpaired) electrons. The first-order chi connectivity index (χ1) is 9.98. The fourth-order valence-electron chi connectivity index (χ4n) is 3.17. The van der Waals surface area contributed by atoms with Crippen LogP contribution in [0.5, 0.6) is 0 Å². The largest absolute Gasteiger partial charge is 0.365 e. The molecule has 0 unspecified atom stereocenters. The summed E-state index contributed by atoms with van der Waals surface area (Å²) in [7, 11) is 1.54. The van der Waals surface area contributed by atoms with Gasteiger partial charge in [-0.3, -0.25) is 14.4 Å². The van der Waals surface area contributed by atoms with E-state index in [1.165, 1.54) is 19.4 Å². The zero-order chi connectivity index (χ0) is 15.2. The molecule has 112 valence electrons. The molecule has 0 atom stereocenters. The molecule has 1 fully saturated rings. The van der Waals surface area contributed by atoms with Crippen molar-refractivity contribution >= 4 is 11.8 Å². The molecule has 0 saturated heterocycles. The molecule has 7 nitrogen and oxygen atoms in total. The van der Waals surface area contributed by atoms with E-state index in [-0.39, 0.29) is 29.4 Å². The zero-order valence-corrected chi connectivity index (χ0v) is 11.8. The summed E-state index contributed by atoms with van der Waals surface area (Å²) in [6.07, 6.45) is 4.23. The minimum atomic E-state index is -0.773. The highest BCUT2D eigenvalue weighted by Gasteiger charge is 2.49. The second-order valence-corrected chi connectivity index (χ2v) is 5.66. The summed E-state index contributed by atoms with van der Waals surface area (Å²) in [4.78, 5) is 37.5. The summed E-state index contributed by atoms with van der Waals surface area (Å²) >= 11 is 0. The van der Waals surface area contributed by atoms with E-state index in [0.717, 1.165) is 19.3 Å². The molecular formula is C14H17N3O4. The average molecular weight is 291 g/mol. The zero-order valence-electron chi connectivity index (χ0n) is 11.8. The predicted molar refractivity (Wildman–Crippen MR) is 73.8 cm³/mol. The number of rotatable bonds is 3. The topological polar surface area (TPSA) is 94.6 Å². The van der Waals surface area contributed by atoms with Crippen LogP contribution in [-0.2, 0) is 11.3 Å². The molecule has 3 rings (SSSR count). The van der Waals surface area contributed by atoms with Crippen molar-refractivity contribution in [2.75, 3.05) is 13.8 Å². The van der Waals surface area contributed by atoms with Gasteiger partial charge in [0.15, 0.2) is 5.43 Å². The van der Waals surface area contributed by atoms with Crippen molar-refractivity contribution in [3.05, 3.63) is 33.7 Å². The monoisotopic (exact) mass is 291 g/mol. The minimum Gasteiger partial charge on any atom is -0.365 e. The van der Waals surface area contributed by atoms with Gasteiger partial charge in [0, 0.05) is 25.9 Å². The van der Waals surface area contributed by atoms with Gasteiger partial charge in [-0.05, 0) is 19.3 Å². The summed E-state index contributed by atoms with van der Waals surface area (Å²) in [5.74, 6) is -1.01. The fourth-order valence-corrected chi connectivity index (χ4v) is 3.17. The van der Waals surface area contributed by atoms with Gasteiger partial charge in [-0.2, -0.15) is 0 Å². The highest BCUT2D eigenvalue weighted by Crippen LogP contribution is 2.42. The highest BCUT2D eigenvalue weighted by atomic mass is 16.5. The Balaban J connectivity index is 2.11. The smallest absolute Gasteiger partial charge is 0.272 e. The Labute approximate surface area is 121 Å². The van der Waals surface area contributed by atoms with Gasteiger partial charge >= 0.3 is 0 Å². The number of pyridine rings is 1. The third-order valence-electron chi connectivity index (χ3n) is 4.44. The van der Waals surface area contributed by atoms with Crippen LogP contribution in [0.1, 0.15) is 40.1 Å². The van der Waals surface area contributed by atoms with Crippen molar-refractivity contribution < 1.29 is 14.3 Å². The summed E-state index contributed by atoms with van der Waals surface area (Å²) in [5, 5.41) is 0. The van der Waals surface area contributed by atoms with Crippen molar-refractivity contribution in [3.8, 4) is 0 Å². The maximum Gasteiger partial charge on any atom is 0.272 e. The lowest BCUT2D eigenvalue weighted by atomic mass is 9.74. The molecule has 1 aromatic rings. The maximum absolute atomic E-state index is 12.6. The summed E-state index contributed by atoms with van der Waals surface area (Å²) in [6.45, 7) is 0.753. The third kappa shape index (κ3) is 1.96. The Bertz CT molecular complexity index is 675. The van der Waals surface area contributed by atoms with E-state index in [1.54, 1.807) is 9.47 Å². The number of nitrogens with zero attached hydrogens (tertiary/aromatic N) is 2. The number of fused-ring (bicyclic) bond motifs is 1. The Morgan fingerprint density at radius 2 is 2.14 bits per heavy atom. The second-order valence-electron chi connectivity index (χ2n) is 5.66. The van der Waals surface area contributed by atoms with E-state index in [2.05, 4.69) is 0 Å². The molecule has 2 aliphatic rings. The standard InChI is InChI=1S/C14H17N3O4/c1-21-8-17-13(20)10-5-11(18)9(12(15)19)6-16(10)7-14(17)3-2-4-14/h5-6H,2-4,7-8H2,1H3,(H2,15,19). The summed E-state index contributed by atoms with van der Waals surface area (Å²) in [6, 6.07) is 1.19. The number of amides is 2. The Hall–Kier alpha value is -2.15. The average Bonchev–Trinajstić information content (AvgIpc) is 2.40. The van der Waals surface area contributed by atoms with Gasteiger partial charge in [-0.25, -0.2) is 0 Å². The van der Waals surface area contributed by atoms with Crippen molar-refractivity contribution in [2.45, 2.75) is 31.3 Å². The van der Waals surface area contributed by atoms with Gasteiger partial charge in [-0.15, -0.1) is 0 Å². The Morgan fingerprint density at radius 3 is 2.67 bits per heavy atom. The Kier molecular flexibility index (Phi) is 3.09. The lowest BCUT2D eigenvalue weighted by molar-refractivity contribution is -0.0544. The molecular weight excluding hydrogens is 274 g/mol. The summed E-state index contributed by atoms with van der Waals surface area (Å²) in [5.41, 5.74) is 4.60. The molecule has 21 heavy (non-hydrogen) atoms. The van der Waals surface area contributed by atoms with Gasteiger partial charge in [0.05, 0.1) is 5.54 Å². The molecule has 1 aromatic heterocycles. The number of ether oxygens (including phenoxy) is 1. The van der Waals surface area contributed by atoms with E-state index in [9.17, 15) is 14.4 Å². The van der Waals surface area contributed by atoms with Gasteiger partial charge in [-0.1, -0.05) is 0 Å². The van der Waals surface area contributed by atoms with Crippen LogP contribution in [-0.4, -0.2) is 40.7 Å². The lowest BCUT2D eigenvalue weighted by Crippen LogP contribution is -2.62. The second kappa shape index (κ2) is 4.70. The van der Waals surface area contributed by atoms with Crippen molar-refractivity contribution in [3.63, 3.8) is 0 Å². The van der Waals surface area contributed by atoms with E-state index in [1.807, 2.05) is 0 Å². The number of primary amides is 1. The van der Waals surface area contributed by atoms with E-state index in [4.69, 9.17) is 10.5 Å². The number of hydrogen-bond acceptors (Lipinski definition) is 4. The molecule has 2 N–H and O–H groups in total. The maximum atomic E-state index is 12.6. The predicted octanol–water partition coefficient (Wildman–Crippen LogP) is -0.0704. The van der Waals surface area contributed by atoms with Gasteiger partial charge in [0.25, 0.3) is 11.8 Å². The highest BCUT2D eigenvalue weighted by molar-refractivity contribution is 5.96. The molecule has 2 heterocycles. The lowest BCUT2D eigenvalue weighted by Gasteiger charge is -2.53. The molecule has 1 aliphatic carbocycles. The number of carbonyl (C=O) groups is 2. The molecule has 0 aromatic carbocycles. The van der Waals surface area contributed by atoms with Crippen LogP contribution in [0.3, 0.4) is 0 Å². The number of carbonyl (C=O) groups excluding carboxylic acids is 2. The van der Waals surface area contributed by atoms with Gasteiger partial charge in [0.2, 0.25) is 0 Å². The van der Waals surface area contributed by atoms with E-state index >= 15 is 0 Å². The Morgan fingerprint density at radius 1 is 1.43 bits per heavy atom. The van der Waals surface area contributed by atoms with Crippen LogP contribution in [0.2, 0.25) is 0 Å². The number of methoxy groups -OCH3 is 1. The van der Waals surface area contributed by atoms with E-state index in [0.29, 0.717) is 6.54 Å². The van der Waals surface area contributed by atoms with Crippen molar-refractivity contribution in [1.29, 1.82) is 0 Å². The van der Waals surface area contributed by atoms with E-state index < -0.39 is 11.3 Å². The first-order valence-corrected chi connectivity index (χ1v) is 6.84. The molecule has 0 bridgehead atoms. The number of hydrogen-bond donors (Lipinski definition) is 1. The molecule has 2 amide bonds. The fraction of sp³-hybridized carbons (Fsp3) is 0.500. The van der Waals surface area contributed by atoms with Gasteiger partial charge < -0.3 is 19.9 Å². The number of aromatic nitrogens is 1. The minimum absolute atomic E-state index is 0.0822. The SMILES string of the molecule is COCN1C(=O)c2cc(=O)c(C(N)=O)cn2CC12CCC2. The van der Waals surface area contributed by atoms with Crippen LogP contribution < -0.4 is 11.2 Å². The van der Waals surface area contributed by atoms with Crippen LogP contribution in [0.25, 0.3) is 0 Å². The summed E-state index contributed by atoms with van der Waals surface area (Å²) < 4.78 is 6.81. The third-order valence-corrected chi connectivity index (χ3v) is 4.44. The van der Waals surface area contributed by atoms with Crippen molar-refractivity contribution in [1.82, 2.24) is 9.47 Å². The molecule has 7 heteroatoms.